The minimum absolute atomic E-state index is 0.136. The minimum atomic E-state index is -1.16. The summed E-state index contributed by atoms with van der Waals surface area (Å²) >= 11 is 0. The molecule has 0 aliphatic carbocycles. The minimum Gasteiger partial charge on any atom is -0.492 e. The van der Waals surface area contributed by atoms with Crippen molar-refractivity contribution in [2.45, 2.75) is 13.0 Å². The van der Waals surface area contributed by atoms with Crippen LogP contribution in [0.4, 0.5) is 10.2 Å². The maximum Gasteiger partial charge on any atom is 0.165 e. The molecule has 0 radical (unpaired) electrons. The van der Waals surface area contributed by atoms with Crippen LogP contribution in [0, 0.1) is 5.82 Å². The van der Waals surface area contributed by atoms with Gasteiger partial charge in [-0.15, -0.1) is 0 Å². The van der Waals surface area contributed by atoms with E-state index < -0.39 is 11.9 Å². The van der Waals surface area contributed by atoms with Crippen molar-refractivity contribution >= 4 is 22.6 Å². The van der Waals surface area contributed by atoms with Crippen LogP contribution >= 0.6 is 0 Å². The van der Waals surface area contributed by atoms with Gasteiger partial charge in [-0.2, -0.15) is 0 Å². The molecule has 0 bridgehead atoms. The van der Waals surface area contributed by atoms with Crippen LogP contribution in [-0.2, 0) is 4.74 Å². The molecule has 1 aliphatic rings. The first-order chi connectivity index (χ1) is 16.5. The average Bonchev–Trinajstić information content (AvgIpc) is 2.84. The Morgan fingerprint density at radius 1 is 1.24 bits per heavy atom. The van der Waals surface area contributed by atoms with Crippen molar-refractivity contribution in [2.24, 2.45) is 10.7 Å². The van der Waals surface area contributed by atoms with Crippen molar-refractivity contribution in [1.82, 2.24) is 14.9 Å². The lowest BCUT2D eigenvalue weighted by atomic mass is 10.1. The molecule has 34 heavy (non-hydrogen) atoms. The zero-order chi connectivity index (χ0) is 23.9. The summed E-state index contributed by atoms with van der Waals surface area (Å²) in [7, 11) is 0. The van der Waals surface area contributed by atoms with E-state index in [-0.39, 0.29) is 11.7 Å². The molecule has 178 valence electrons. The molecule has 3 N–H and O–H groups in total. The lowest BCUT2D eigenvalue weighted by Gasteiger charge is -2.26. The number of nitrogens with two attached hydrogens (primary N) is 1. The van der Waals surface area contributed by atoms with Crippen molar-refractivity contribution in [3.8, 4) is 5.75 Å². The number of morpholine rings is 1. The Labute approximate surface area is 197 Å². The fourth-order valence-corrected chi connectivity index (χ4v) is 3.65. The van der Waals surface area contributed by atoms with Gasteiger partial charge >= 0.3 is 0 Å². The molecule has 4 rings (SSSR count). The number of aliphatic hydroxyl groups is 1. The lowest BCUT2D eigenvalue weighted by molar-refractivity contribution is 0.0322. The average molecular weight is 466 g/mol. The van der Waals surface area contributed by atoms with Gasteiger partial charge in [0.05, 0.1) is 18.7 Å². The standard InChI is InChI=1S/C25H28FN5O3/c1-2-3-22(27)29-24-20-9-8-19(34-15-12-31-10-13-33-14-11-31)16-21(20)28-25(30-24)23(32)17-4-6-18(26)7-5-17/h2-9,16,23,32H,10-15H2,1H3,(H2,27,28,29,30)/b3-2+. The van der Waals surface area contributed by atoms with Gasteiger partial charge in [0.25, 0.3) is 0 Å². The van der Waals surface area contributed by atoms with Gasteiger partial charge in [-0.1, -0.05) is 18.2 Å². The van der Waals surface area contributed by atoms with E-state index in [1.807, 2.05) is 19.1 Å². The van der Waals surface area contributed by atoms with Crippen LogP contribution in [0.3, 0.4) is 0 Å². The monoisotopic (exact) mass is 465 g/mol. The fourth-order valence-electron chi connectivity index (χ4n) is 3.65. The predicted octanol–water partition coefficient (Wildman–Crippen LogP) is 3.13. The topological polar surface area (TPSA) is 106 Å². The van der Waals surface area contributed by atoms with Crippen molar-refractivity contribution in [2.75, 3.05) is 39.5 Å². The Bertz CT molecular complexity index is 1180. The van der Waals surface area contributed by atoms with Crippen molar-refractivity contribution in [1.29, 1.82) is 0 Å². The zero-order valence-corrected chi connectivity index (χ0v) is 19.0. The first-order valence-corrected chi connectivity index (χ1v) is 11.2. The zero-order valence-electron chi connectivity index (χ0n) is 19.0. The summed E-state index contributed by atoms with van der Waals surface area (Å²) in [4.78, 5) is 15.7. The second-order valence-corrected chi connectivity index (χ2v) is 7.88. The third-order valence-corrected chi connectivity index (χ3v) is 5.45. The molecule has 0 spiro atoms. The number of hydrogen-bond acceptors (Lipinski definition) is 7. The number of amidine groups is 1. The number of nitrogens with zero attached hydrogens (tertiary/aromatic N) is 4. The third-order valence-electron chi connectivity index (χ3n) is 5.45. The predicted molar refractivity (Wildman–Crippen MR) is 129 cm³/mol. The summed E-state index contributed by atoms with van der Waals surface area (Å²) in [6, 6.07) is 11.0. The van der Waals surface area contributed by atoms with Gasteiger partial charge in [0.1, 0.15) is 30.1 Å². The first kappa shape index (κ1) is 23.7. The van der Waals surface area contributed by atoms with Crippen LogP contribution in [-0.4, -0.2) is 65.3 Å². The molecule has 8 nitrogen and oxygen atoms in total. The Kier molecular flexibility index (Phi) is 7.79. The SMILES string of the molecule is C/C=C/C(N)=Nc1nc(C(O)c2ccc(F)cc2)nc2cc(OCCN3CCOCC3)ccc12. The van der Waals surface area contributed by atoms with E-state index in [4.69, 9.17) is 15.2 Å². The number of aromatic nitrogens is 2. The highest BCUT2D eigenvalue weighted by molar-refractivity contribution is 5.97. The highest BCUT2D eigenvalue weighted by Crippen LogP contribution is 2.30. The molecule has 0 amide bonds. The smallest absolute Gasteiger partial charge is 0.165 e. The molecule has 1 aliphatic heterocycles. The van der Waals surface area contributed by atoms with Gasteiger partial charge in [-0.3, -0.25) is 4.90 Å². The number of halogens is 1. The number of fused-ring (bicyclic) bond motifs is 1. The summed E-state index contributed by atoms with van der Waals surface area (Å²) < 4.78 is 24.7. The van der Waals surface area contributed by atoms with Crippen LogP contribution in [0.1, 0.15) is 24.4 Å². The number of aliphatic imine (C=N–C) groups is 1. The van der Waals surface area contributed by atoms with E-state index in [9.17, 15) is 9.50 Å². The van der Waals surface area contributed by atoms with Gasteiger partial charge in [0.2, 0.25) is 0 Å². The normalized spacial score (nSPS) is 16.3. The molecule has 0 saturated carbocycles. The van der Waals surface area contributed by atoms with Crippen molar-refractivity contribution in [3.05, 3.63) is 71.8 Å². The molecule has 1 fully saturated rings. The molecule has 1 atom stereocenters. The first-order valence-electron chi connectivity index (χ1n) is 11.2. The van der Waals surface area contributed by atoms with Gasteiger partial charge < -0.3 is 20.3 Å². The molecule has 1 aromatic heterocycles. The molecule has 2 aromatic carbocycles. The Morgan fingerprint density at radius 3 is 2.74 bits per heavy atom. The third kappa shape index (κ3) is 5.93. The van der Waals surface area contributed by atoms with Crippen LogP contribution in [0.15, 0.2) is 59.6 Å². The summed E-state index contributed by atoms with van der Waals surface area (Å²) in [5.41, 5.74) is 7.01. The Morgan fingerprint density at radius 2 is 2.00 bits per heavy atom. The van der Waals surface area contributed by atoms with E-state index >= 15 is 0 Å². The van der Waals surface area contributed by atoms with E-state index in [0.29, 0.717) is 34.6 Å². The summed E-state index contributed by atoms with van der Waals surface area (Å²) in [6.07, 6.45) is 2.28. The van der Waals surface area contributed by atoms with E-state index in [1.165, 1.54) is 24.3 Å². The van der Waals surface area contributed by atoms with Crippen LogP contribution in [0.2, 0.25) is 0 Å². The molecule has 2 heterocycles. The largest absolute Gasteiger partial charge is 0.492 e. The van der Waals surface area contributed by atoms with E-state index in [1.54, 1.807) is 18.2 Å². The van der Waals surface area contributed by atoms with Crippen molar-refractivity contribution < 1.29 is 19.0 Å². The molecule has 9 heteroatoms. The maximum atomic E-state index is 13.3. The number of ether oxygens (including phenoxy) is 2. The highest BCUT2D eigenvalue weighted by Gasteiger charge is 2.18. The van der Waals surface area contributed by atoms with Crippen LogP contribution < -0.4 is 10.5 Å². The molecule has 1 saturated heterocycles. The maximum absolute atomic E-state index is 13.3. The van der Waals surface area contributed by atoms with Gasteiger partial charge in [0, 0.05) is 31.1 Å². The Balaban J connectivity index is 1.64. The fraction of sp³-hybridized carbons (Fsp3) is 0.320. The van der Waals surface area contributed by atoms with Gasteiger partial charge in [-0.05, 0) is 42.8 Å². The Hall–Kier alpha value is -3.40. The number of allylic oxidation sites excluding steroid dienone is 1. The number of rotatable bonds is 8. The molecule has 1 unspecified atom stereocenters. The van der Waals surface area contributed by atoms with E-state index in [2.05, 4.69) is 19.9 Å². The highest BCUT2D eigenvalue weighted by atomic mass is 19.1. The number of benzene rings is 2. The summed E-state index contributed by atoms with van der Waals surface area (Å²) in [5, 5.41) is 11.5. The molecular formula is C25H28FN5O3. The van der Waals surface area contributed by atoms with Gasteiger partial charge in [-0.25, -0.2) is 19.4 Å². The van der Waals surface area contributed by atoms with Gasteiger partial charge in [0.15, 0.2) is 11.6 Å². The quantitative estimate of drug-likeness (QED) is 0.389. The number of aliphatic hydroxyl groups excluding tert-OH is 1. The molecule has 3 aromatic rings. The van der Waals surface area contributed by atoms with Crippen LogP contribution in [0.5, 0.6) is 5.75 Å². The lowest BCUT2D eigenvalue weighted by Crippen LogP contribution is -2.38. The van der Waals surface area contributed by atoms with E-state index in [0.717, 1.165) is 32.8 Å². The van der Waals surface area contributed by atoms with Crippen molar-refractivity contribution in [3.63, 3.8) is 0 Å². The summed E-state index contributed by atoms with van der Waals surface area (Å²) in [5.74, 6) is 1.00. The second-order valence-electron chi connectivity index (χ2n) is 7.88. The van der Waals surface area contributed by atoms with Crippen LogP contribution in [0.25, 0.3) is 10.9 Å². The summed E-state index contributed by atoms with van der Waals surface area (Å²) in [6.45, 7) is 6.44. The molecular weight excluding hydrogens is 437 g/mol. The second kappa shape index (κ2) is 11.1. The number of hydrogen-bond donors (Lipinski definition) is 2.